The van der Waals surface area contributed by atoms with Gasteiger partial charge in [-0.2, -0.15) is 10.3 Å². The van der Waals surface area contributed by atoms with Crippen LogP contribution < -0.4 is 10.7 Å². The van der Waals surface area contributed by atoms with E-state index in [1.54, 1.807) is 12.1 Å². The fraction of sp³-hybridized carbons (Fsp3) is 0.0417. The van der Waals surface area contributed by atoms with Crippen molar-refractivity contribution in [1.29, 1.82) is 0 Å². The van der Waals surface area contributed by atoms with Crippen LogP contribution in [0.1, 0.15) is 5.56 Å². The molecule has 1 unspecified atom stereocenters. The van der Waals surface area contributed by atoms with Crippen molar-refractivity contribution >= 4 is 29.6 Å². The smallest absolute Gasteiger partial charge is 0.250 e. The molecular weight excluding hydrogens is 438 g/mol. The number of nitrogens with zero attached hydrogens (tertiary/aromatic N) is 2. The van der Waals surface area contributed by atoms with Gasteiger partial charge in [-0.3, -0.25) is 4.79 Å². The lowest BCUT2D eigenvalue weighted by atomic mass is 10.1. The van der Waals surface area contributed by atoms with Crippen molar-refractivity contribution in [3.05, 3.63) is 95.7 Å². The molecule has 0 saturated heterocycles. The number of nitrogens with one attached hydrogen (secondary N) is 3. The Hall–Kier alpha value is -3.76. The number of quaternary nitrogens is 1. The van der Waals surface area contributed by atoms with Gasteiger partial charge in [0.2, 0.25) is 0 Å². The fourth-order valence-corrected chi connectivity index (χ4v) is 3.76. The van der Waals surface area contributed by atoms with Crippen LogP contribution in [0, 0.1) is 5.21 Å². The second-order valence-corrected chi connectivity index (χ2v) is 7.97. The van der Waals surface area contributed by atoms with E-state index in [0.717, 1.165) is 22.5 Å². The number of carbonyl (C=O) groups is 1. The average Bonchev–Trinajstić information content (AvgIpc) is 3.29. The van der Waals surface area contributed by atoms with Gasteiger partial charge >= 0.3 is 0 Å². The first-order chi connectivity index (χ1) is 16.1. The summed E-state index contributed by atoms with van der Waals surface area (Å²) in [4.78, 5) is 20.3. The van der Waals surface area contributed by atoms with Gasteiger partial charge in [0.15, 0.2) is 10.8 Å². The minimum absolute atomic E-state index is 0.130. The van der Waals surface area contributed by atoms with Crippen molar-refractivity contribution in [2.24, 2.45) is 5.10 Å². The van der Waals surface area contributed by atoms with Gasteiger partial charge < -0.3 is 10.2 Å². The van der Waals surface area contributed by atoms with E-state index in [0.29, 0.717) is 10.7 Å². The van der Waals surface area contributed by atoms with Gasteiger partial charge in [0, 0.05) is 23.3 Å². The van der Waals surface area contributed by atoms with Gasteiger partial charge in [0.1, 0.15) is 0 Å². The molecule has 0 aliphatic rings. The Balaban J connectivity index is 1.40. The standard InChI is InChI=1S/C24H21N5O3S/c30-21(28-25-15-17-11-13-20(14-12-17)29(31)32)16-33-24-26-22(18-7-3-1-4-8-18)23(27-24)19-9-5-2-6-10-19/h1-15,29,31H,16H2,(H,26,27)(H,28,30)/b25-15+. The number of imidazole rings is 1. The number of H-pyrrole nitrogens is 1. The molecule has 1 amide bonds. The molecule has 9 heteroatoms. The van der Waals surface area contributed by atoms with Crippen molar-refractivity contribution in [3.63, 3.8) is 0 Å². The van der Waals surface area contributed by atoms with Crippen molar-refractivity contribution in [2.75, 3.05) is 5.75 Å². The van der Waals surface area contributed by atoms with Crippen LogP contribution in [-0.4, -0.2) is 33.0 Å². The van der Waals surface area contributed by atoms with Crippen molar-refractivity contribution < 1.29 is 15.2 Å². The third-order valence-corrected chi connectivity index (χ3v) is 5.57. The first-order valence-electron chi connectivity index (χ1n) is 10.1. The quantitative estimate of drug-likeness (QED) is 0.183. The first-order valence-corrected chi connectivity index (χ1v) is 11.1. The highest BCUT2D eigenvalue weighted by molar-refractivity contribution is 7.99. The van der Waals surface area contributed by atoms with E-state index in [1.165, 1.54) is 30.1 Å². The lowest BCUT2D eigenvalue weighted by molar-refractivity contribution is -0.991. The van der Waals surface area contributed by atoms with Gasteiger partial charge in [-0.05, 0) is 17.7 Å². The number of rotatable bonds is 8. The number of benzene rings is 3. The van der Waals surface area contributed by atoms with Gasteiger partial charge in [-0.15, -0.1) is 0 Å². The van der Waals surface area contributed by atoms with E-state index in [2.05, 4.69) is 15.5 Å². The van der Waals surface area contributed by atoms with Gasteiger partial charge in [0.05, 0.1) is 23.4 Å². The van der Waals surface area contributed by atoms with Gasteiger partial charge in [0.25, 0.3) is 5.91 Å². The van der Waals surface area contributed by atoms with Crippen LogP contribution in [0.15, 0.2) is 95.2 Å². The molecule has 0 fully saturated rings. The summed E-state index contributed by atoms with van der Waals surface area (Å²) in [6.45, 7) is 0. The van der Waals surface area contributed by atoms with Crippen molar-refractivity contribution in [2.45, 2.75) is 5.16 Å². The number of amides is 1. The zero-order valence-corrected chi connectivity index (χ0v) is 18.3. The normalized spacial score (nSPS) is 12.1. The number of aromatic amines is 1. The van der Waals surface area contributed by atoms with E-state index < -0.39 is 5.23 Å². The molecule has 0 aliphatic carbocycles. The monoisotopic (exact) mass is 459 g/mol. The number of carbonyl (C=O) groups excluding carboxylic acids is 1. The molecule has 0 radical (unpaired) electrons. The van der Waals surface area contributed by atoms with E-state index in [-0.39, 0.29) is 17.3 Å². The lowest BCUT2D eigenvalue weighted by Gasteiger charge is -2.10. The Morgan fingerprint density at radius 1 is 1.03 bits per heavy atom. The van der Waals surface area contributed by atoms with Crippen LogP contribution in [0.4, 0.5) is 5.69 Å². The third-order valence-electron chi connectivity index (χ3n) is 4.69. The number of aromatic nitrogens is 2. The Morgan fingerprint density at radius 3 is 2.30 bits per heavy atom. The summed E-state index contributed by atoms with van der Waals surface area (Å²) >= 11 is 1.29. The molecule has 33 heavy (non-hydrogen) atoms. The number of hydrogen-bond acceptors (Lipinski definition) is 6. The molecule has 4 rings (SSSR count). The van der Waals surface area contributed by atoms with Crippen molar-refractivity contribution in [3.8, 4) is 22.5 Å². The largest absolute Gasteiger partial charge is 0.595 e. The summed E-state index contributed by atoms with van der Waals surface area (Å²) in [5.74, 6) is -0.150. The summed E-state index contributed by atoms with van der Waals surface area (Å²) in [5.41, 5.74) is 7.07. The molecule has 0 aliphatic heterocycles. The first kappa shape index (κ1) is 22.4. The highest BCUT2D eigenvalue weighted by Gasteiger charge is 2.15. The molecule has 1 aromatic heterocycles. The molecule has 1 atom stereocenters. The second-order valence-electron chi connectivity index (χ2n) is 7.01. The number of hydrogen-bond donors (Lipinski definition) is 4. The van der Waals surface area contributed by atoms with Crippen LogP contribution in [0.5, 0.6) is 0 Å². The van der Waals surface area contributed by atoms with Crippen LogP contribution in [0.25, 0.3) is 22.5 Å². The Labute approximate surface area is 194 Å². The summed E-state index contributed by atoms with van der Waals surface area (Å²) in [6.07, 6.45) is 1.46. The Kier molecular flexibility index (Phi) is 7.28. The summed E-state index contributed by atoms with van der Waals surface area (Å²) in [6, 6.07) is 26.0. The average molecular weight is 460 g/mol. The highest BCUT2D eigenvalue weighted by Crippen LogP contribution is 2.32. The minimum Gasteiger partial charge on any atom is -0.595 e. The molecule has 0 saturated carbocycles. The topological polar surface area (TPSA) is 118 Å². The predicted octanol–water partition coefficient (Wildman–Crippen LogP) is 3.39. The number of thioether (sulfide) groups is 1. The summed E-state index contributed by atoms with van der Waals surface area (Å²) in [7, 11) is 0. The maximum Gasteiger partial charge on any atom is 0.250 e. The van der Waals surface area contributed by atoms with E-state index in [9.17, 15) is 10.0 Å². The summed E-state index contributed by atoms with van der Waals surface area (Å²) < 4.78 is 0. The molecular formula is C24H21N5O3S. The third kappa shape index (κ3) is 5.93. The highest BCUT2D eigenvalue weighted by atomic mass is 32.2. The van der Waals surface area contributed by atoms with E-state index in [1.807, 2.05) is 60.7 Å². The molecule has 0 bridgehead atoms. The predicted molar refractivity (Wildman–Crippen MR) is 128 cm³/mol. The molecule has 4 aromatic rings. The van der Waals surface area contributed by atoms with Crippen LogP contribution in [-0.2, 0) is 4.79 Å². The molecule has 1 heterocycles. The second kappa shape index (κ2) is 10.7. The SMILES string of the molecule is O=C(CSc1nc(-c2ccccc2)c(-c2ccccc2)[nH]1)N/N=C/c1ccc([NH+]([O-])O)cc1. The maximum atomic E-state index is 12.2. The maximum absolute atomic E-state index is 12.2. The van der Waals surface area contributed by atoms with Crippen LogP contribution >= 0.6 is 11.8 Å². The summed E-state index contributed by atoms with van der Waals surface area (Å²) in [5, 5.41) is 23.4. The minimum atomic E-state index is -0.993. The molecule has 4 N–H and O–H groups in total. The lowest BCUT2D eigenvalue weighted by Crippen LogP contribution is -2.99. The zero-order valence-electron chi connectivity index (χ0n) is 17.4. The van der Waals surface area contributed by atoms with Crippen LogP contribution in [0.2, 0.25) is 0 Å². The molecule has 166 valence electrons. The van der Waals surface area contributed by atoms with E-state index in [4.69, 9.17) is 10.2 Å². The molecule has 3 aromatic carbocycles. The van der Waals surface area contributed by atoms with E-state index >= 15 is 0 Å². The molecule has 8 nitrogen and oxygen atoms in total. The zero-order chi connectivity index (χ0) is 23.0. The van der Waals surface area contributed by atoms with Crippen molar-refractivity contribution in [1.82, 2.24) is 15.4 Å². The van der Waals surface area contributed by atoms with Gasteiger partial charge in [-0.1, -0.05) is 72.4 Å². The van der Waals surface area contributed by atoms with Crippen LogP contribution in [0.3, 0.4) is 0 Å². The number of hydrazone groups is 1. The Bertz CT molecular complexity index is 1170. The fourth-order valence-electron chi connectivity index (χ4n) is 3.10. The van der Waals surface area contributed by atoms with Gasteiger partial charge in [-0.25, -0.2) is 15.6 Å². The molecule has 0 spiro atoms. The Morgan fingerprint density at radius 2 is 1.67 bits per heavy atom.